The lowest BCUT2D eigenvalue weighted by Gasteiger charge is -2.30. The first-order valence-corrected chi connectivity index (χ1v) is 12.3. The van der Waals surface area contributed by atoms with E-state index in [1.165, 1.54) is 18.2 Å². The minimum Gasteiger partial charge on any atom is -0.372 e. The van der Waals surface area contributed by atoms with E-state index >= 15 is 0 Å². The lowest BCUT2D eigenvalue weighted by molar-refractivity contribution is -0.275. The van der Waals surface area contributed by atoms with Crippen LogP contribution in [0.25, 0.3) is 0 Å². The van der Waals surface area contributed by atoms with E-state index < -0.39 is 18.2 Å². The number of nitrogens with one attached hydrogen (secondary N) is 1. The molecule has 1 N–H and O–H groups in total. The number of aryl methyl sites for hydroxylation is 1. The van der Waals surface area contributed by atoms with Crippen LogP contribution in [0.5, 0.6) is 0 Å². The van der Waals surface area contributed by atoms with Crippen molar-refractivity contribution in [1.29, 1.82) is 0 Å². The highest BCUT2D eigenvalue weighted by Crippen LogP contribution is 2.50. The molecule has 186 valence electrons. The number of amides is 1. The summed E-state index contributed by atoms with van der Waals surface area (Å²) in [5, 5.41) is 7.14. The second-order valence-electron chi connectivity index (χ2n) is 9.51. The normalized spacial score (nSPS) is 22.2. The fourth-order valence-electron chi connectivity index (χ4n) is 5.18. The summed E-state index contributed by atoms with van der Waals surface area (Å²) >= 11 is 12.0. The minimum absolute atomic E-state index is 0.0839. The molecule has 1 unspecified atom stereocenters. The van der Waals surface area contributed by atoms with Crippen molar-refractivity contribution in [3.63, 3.8) is 0 Å². The SMILES string of the molecule is Cc1cc2c(cc1C(=O)NC1CCCC1)CN(C1=NOC(c3cc(Cl)cc(Cl)c3)(C(F)(F)F)C1)C2. The Bertz CT molecular complexity index is 1190. The summed E-state index contributed by atoms with van der Waals surface area (Å²) in [5.41, 5.74) is 0.417. The molecule has 1 amide bonds. The van der Waals surface area contributed by atoms with E-state index in [0.29, 0.717) is 18.7 Å². The zero-order valence-corrected chi connectivity index (χ0v) is 20.5. The largest absolute Gasteiger partial charge is 0.435 e. The summed E-state index contributed by atoms with van der Waals surface area (Å²) in [6, 6.07) is 7.76. The fraction of sp³-hybridized carbons (Fsp3) is 0.440. The second kappa shape index (κ2) is 8.89. The molecule has 0 radical (unpaired) electrons. The van der Waals surface area contributed by atoms with Gasteiger partial charge in [-0.1, -0.05) is 47.3 Å². The number of fused-ring (bicyclic) bond motifs is 1. The van der Waals surface area contributed by atoms with Crippen molar-refractivity contribution in [3.8, 4) is 0 Å². The van der Waals surface area contributed by atoms with Gasteiger partial charge in [-0.15, -0.1) is 0 Å². The minimum atomic E-state index is -4.75. The van der Waals surface area contributed by atoms with E-state index in [-0.39, 0.29) is 33.4 Å². The van der Waals surface area contributed by atoms with E-state index in [1.807, 2.05) is 19.1 Å². The number of nitrogens with zero attached hydrogens (tertiary/aromatic N) is 2. The van der Waals surface area contributed by atoms with Gasteiger partial charge in [0.1, 0.15) is 5.84 Å². The van der Waals surface area contributed by atoms with Crippen LogP contribution in [0.15, 0.2) is 35.5 Å². The average Bonchev–Trinajstić information content (AvgIpc) is 3.51. The van der Waals surface area contributed by atoms with Crippen molar-refractivity contribution in [1.82, 2.24) is 10.2 Å². The lowest BCUT2D eigenvalue weighted by Crippen LogP contribution is -2.43. The molecule has 0 spiro atoms. The Morgan fingerprint density at radius 1 is 1.09 bits per heavy atom. The molecule has 1 saturated carbocycles. The van der Waals surface area contributed by atoms with E-state index in [9.17, 15) is 18.0 Å². The molecule has 2 heterocycles. The molecule has 5 nitrogen and oxygen atoms in total. The van der Waals surface area contributed by atoms with Crippen molar-refractivity contribution in [3.05, 3.63) is 68.2 Å². The molecule has 1 aliphatic carbocycles. The molecule has 35 heavy (non-hydrogen) atoms. The first-order valence-electron chi connectivity index (χ1n) is 11.5. The Labute approximate surface area is 211 Å². The highest BCUT2D eigenvalue weighted by Gasteiger charge is 2.63. The van der Waals surface area contributed by atoms with Gasteiger partial charge in [0.25, 0.3) is 11.5 Å². The van der Waals surface area contributed by atoms with Crippen molar-refractivity contribution in [2.45, 2.75) is 69.9 Å². The molecule has 1 atom stereocenters. The number of oxime groups is 1. The van der Waals surface area contributed by atoms with Crippen LogP contribution in [-0.4, -0.2) is 28.9 Å². The number of carbonyl (C=O) groups excluding carboxylic acids is 1. The molecular weight excluding hydrogens is 502 g/mol. The Morgan fingerprint density at radius 3 is 2.34 bits per heavy atom. The van der Waals surface area contributed by atoms with Gasteiger partial charge in [-0.3, -0.25) is 4.79 Å². The summed E-state index contributed by atoms with van der Waals surface area (Å²) in [4.78, 5) is 19.7. The predicted octanol–water partition coefficient (Wildman–Crippen LogP) is 6.48. The molecule has 0 saturated heterocycles. The Balaban J connectivity index is 1.36. The maximum Gasteiger partial charge on any atom is 0.435 e. The predicted molar refractivity (Wildman–Crippen MR) is 127 cm³/mol. The van der Waals surface area contributed by atoms with E-state index in [2.05, 4.69) is 10.5 Å². The van der Waals surface area contributed by atoms with Crippen LogP contribution < -0.4 is 5.32 Å². The zero-order valence-electron chi connectivity index (χ0n) is 19.0. The maximum atomic E-state index is 14.3. The number of benzene rings is 2. The Kier molecular flexibility index (Phi) is 6.16. The lowest BCUT2D eigenvalue weighted by atomic mass is 9.89. The zero-order chi connectivity index (χ0) is 25.0. The average molecular weight is 526 g/mol. The first-order chi connectivity index (χ1) is 16.6. The third kappa shape index (κ3) is 4.47. The molecule has 5 rings (SSSR count). The third-order valence-corrected chi connectivity index (χ3v) is 7.51. The summed E-state index contributed by atoms with van der Waals surface area (Å²) in [5.74, 6) is 0.0790. The van der Waals surface area contributed by atoms with Crippen LogP contribution in [0.3, 0.4) is 0 Å². The molecule has 0 aromatic heterocycles. The van der Waals surface area contributed by atoms with Gasteiger partial charge < -0.3 is 15.1 Å². The smallest absolute Gasteiger partial charge is 0.372 e. The molecule has 2 aromatic carbocycles. The van der Waals surface area contributed by atoms with Crippen LogP contribution in [0.1, 0.15) is 64.7 Å². The molecule has 1 fully saturated rings. The standard InChI is InChI=1S/C25H24Cl2F3N3O2/c1-14-6-15-12-33(13-16(15)7-21(14)23(34)31-20-4-2-3-5-20)22-11-24(35-32-22,25(28,29)30)17-8-18(26)10-19(27)9-17/h6-10,20H,2-5,11-13H2,1H3,(H,31,34). The Hall–Kier alpha value is -2.45. The van der Waals surface area contributed by atoms with Gasteiger partial charge in [0.15, 0.2) is 0 Å². The first kappa shape index (κ1) is 24.3. The monoisotopic (exact) mass is 525 g/mol. The van der Waals surface area contributed by atoms with Gasteiger partial charge in [0.2, 0.25) is 0 Å². The highest BCUT2D eigenvalue weighted by molar-refractivity contribution is 6.34. The maximum absolute atomic E-state index is 14.3. The number of amidine groups is 1. The highest BCUT2D eigenvalue weighted by atomic mass is 35.5. The molecular formula is C25H24Cl2F3N3O2. The molecule has 2 aromatic rings. The van der Waals surface area contributed by atoms with Gasteiger partial charge in [-0.05, 0) is 60.7 Å². The number of halogens is 5. The summed E-state index contributed by atoms with van der Waals surface area (Å²) in [6.07, 6.45) is -1.04. The van der Waals surface area contributed by atoms with Crippen LogP contribution in [0.2, 0.25) is 10.0 Å². The molecule has 2 aliphatic heterocycles. The van der Waals surface area contributed by atoms with E-state index in [4.69, 9.17) is 28.0 Å². The van der Waals surface area contributed by atoms with Gasteiger partial charge in [0.05, 0.1) is 6.42 Å². The molecule has 10 heteroatoms. The van der Waals surface area contributed by atoms with Gasteiger partial charge >= 0.3 is 6.18 Å². The van der Waals surface area contributed by atoms with Crippen molar-refractivity contribution in [2.75, 3.05) is 0 Å². The van der Waals surface area contributed by atoms with E-state index in [0.717, 1.165) is 42.4 Å². The second-order valence-corrected chi connectivity index (χ2v) is 10.4. The number of rotatable bonds is 3. The third-order valence-electron chi connectivity index (χ3n) is 7.07. The van der Waals surface area contributed by atoms with Gasteiger partial charge in [0, 0.05) is 40.3 Å². The number of hydrogen-bond donors (Lipinski definition) is 1. The van der Waals surface area contributed by atoms with Crippen LogP contribution in [0, 0.1) is 6.92 Å². The topological polar surface area (TPSA) is 53.9 Å². The quantitative estimate of drug-likeness (QED) is 0.498. The van der Waals surface area contributed by atoms with Crippen LogP contribution in [-0.2, 0) is 23.5 Å². The van der Waals surface area contributed by atoms with Crippen molar-refractivity contribution in [2.24, 2.45) is 5.16 Å². The summed E-state index contributed by atoms with van der Waals surface area (Å²) in [6.45, 7) is 2.60. The molecule has 3 aliphatic rings. The Morgan fingerprint density at radius 2 is 1.71 bits per heavy atom. The molecule has 0 bridgehead atoms. The number of hydrogen-bond acceptors (Lipinski definition) is 4. The van der Waals surface area contributed by atoms with Crippen LogP contribution >= 0.6 is 23.2 Å². The van der Waals surface area contributed by atoms with Crippen LogP contribution in [0.4, 0.5) is 13.2 Å². The number of alkyl halides is 3. The van der Waals surface area contributed by atoms with Crippen molar-refractivity contribution < 1.29 is 22.8 Å². The summed E-state index contributed by atoms with van der Waals surface area (Å²) in [7, 11) is 0. The van der Waals surface area contributed by atoms with Crippen molar-refractivity contribution >= 4 is 34.9 Å². The van der Waals surface area contributed by atoms with Gasteiger partial charge in [-0.25, -0.2) is 0 Å². The number of carbonyl (C=O) groups is 1. The van der Waals surface area contributed by atoms with E-state index in [1.54, 1.807) is 4.90 Å². The fourth-order valence-corrected chi connectivity index (χ4v) is 5.71. The van der Waals surface area contributed by atoms with Gasteiger partial charge in [-0.2, -0.15) is 13.2 Å². The summed E-state index contributed by atoms with van der Waals surface area (Å²) < 4.78 is 42.9.